The molecule has 136 valence electrons. The Morgan fingerprint density at radius 1 is 1.27 bits per heavy atom. The Balaban J connectivity index is 2.24. The Labute approximate surface area is 147 Å². The van der Waals surface area contributed by atoms with E-state index in [4.69, 9.17) is 10.5 Å². The molecule has 0 fully saturated rings. The maximum absolute atomic E-state index is 12.9. The van der Waals surface area contributed by atoms with E-state index in [2.05, 4.69) is 5.32 Å². The lowest BCUT2D eigenvalue weighted by Crippen LogP contribution is -2.45. The van der Waals surface area contributed by atoms with Crippen LogP contribution < -0.4 is 15.8 Å². The minimum Gasteiger partial charge on any atom is -0.496 e. The summed E-state index contributed by atoms with van der Waals surface area (Å²) >= 11 is 0. The van der Waals surface area contributed by atoms with Crippen molar-refractivity contribution in [2.75, 3.05) is 7.11 Å². The first-order valence-electron chi connectivity index (χ1n) is 7.49. The fraction of sp³-hybridized carbons (Fsp3) is 0.176. The predicted octanol–water partition coefficient (Wildman–Crippen LogP) is 1.57. The van der Waals surface area contributed by atoms with Gasteiger partial charge in [0, 0.05) is 29.7 Å². The van der Waals surface area contributed by atoms with Gasteiger partial charge < -0.3 is 15.8 Å². The fourth-order valence-corrected chi connectivity index (χ4v) is 2.32. The molecule has 0 aromatic heterocycles. The molecule has 3 N–H and O–H groups in total. The lowest BCUT2D eigenvalue weighted by atomic mass is 10.0. The maximum Gasteiger partial charge on any atom is 0.269 e. The van der Waals surface area contributed by atoms with Gasteiger partial charge in [-0.2, -0.15) is 0 Å². The molecule has 1 atom stereocenters. The van der Waals surface area contributed by atoms with E-state index < -0.39 is 28.6 Å². The SMILES string of the molecule is COc1ccc([N+](=O)[O-])cc1C[C@@H](NC(=O)c1ccc(F)cc1)C(N)=O. The molecule has 2 amide bonds. The van der Waals surface area contributed by atoms with E-state index in [0.717, 1.165) is 12.1 Å². The van der Waals surface area contributed by atoms with E-state index >= 15 is 0 Å². The number of rotatable bonds is 7. The van der Waals surface area contributed by atoms with Crippen LogP contribution in [0.5, 0.6) is 5.75 Å². The number of nitrogens with two attached hydrogens (primary N) is 1. The lowest BCUT2D eigenvalue weighted by molar-refractivity contribution is -0.384. The smallest absolute Gasteiger partial charge is 0.269 e. The van der Waals surface area contributed by atoms with Crippen molar-refractivity contribution >= 4 is 17.5 Å². The van der Waals surface area contributed by atoms with E-state index in [1.165, 1.54) is 37.4 Å². The molecule has 0 unspecified atom stereocenters. The number of primary amides is 1. The van der Waals surface area contributed by atoms with Crippen molar-refractivity contribution in [1.29, 1.82) is 0 Å². The molecular formula is C17H16FN3O5. The quantitative estimate of drug-likeness (QED) is 0.572. The first-order valence-corrected chi connectivity index (χ1v) is 7.49. The van der Waals surface area contributed by atoms with E-state index in [1.54, 1.807) is 0 Å². The number of benzene rings is 2. The highest BCUT2D eigenvalue weighted by molar-refractivity contribution is 5.97. The van der Waals surface area contributed by atoms with Gasteiger partial charge in [-0.1, -0.05) is 0 Å². The van der Waals surface area contributed by atoms with Gasteiger partial charge in [-0.3, -0.25) is 19.7 Å². The Bertz CT molecular complexity index is 839. The summed E-state index contributed by atoms with van der Waals surface area (Å²) in [4.78, 5) is 34.3. The van der Waals surface area contributed by atoms with E-state index in [-0.39, 0.29) is 17.7 Å². The summed E-state index contributed by atoms with van der Waals surface area (Å²) in [5.41, 5.74) is 5.63. The molecule has 0 aliphatic carbocycles. The molecule has 0 radical (unpaired) electrons. The molecule has 2 aromatic carbocycles. The van der Waals surface area contributed by atoms with E-state index in [1.807, 2.05) is 0 Å². The summed E-state index contributed by atoms with van der Waals surface area (Å²) in [7, 11) is 1.38. The number of methoxy groups -OCH3 is 1. The fourth-order valence-electron chi connectivity index (χ4n) is 2.32. The number of nitrogens with one attached hydrogen (secondary N) is 1. The van der Waals surface area contributed by atoms with Crippen LogP contribution in [0.2, 0.25) is 0 Å². The Morgan fingerprint density at radius 3 is 2.46 bits per heavy atom. The van der Waals surface area contributed by atoms with Crippen molar-refractivity contribution in [1.82, 2.24) is 5.32 Å². The molecule has 0 aliphatic heterocycles. The largest absolute Gasteiger partial charge is 0.496 e. The number of non-ortho nitro benzene ring substituents is 1. The number of ether oxygens (including phenoxy) is 1. The number of carbonyl (C=O) groups is 2. The van der Waals surface area contributed by atoms with Gasteiger partial charge >= 0.3 is 0 Å². The minimum atomic E-state index is -1.14. The second kappa shape index (κ2) is 8.06. The van der Waals surface area contributed by atoms with Gasteiger partial charge in [-0.25, -0.2) is 4.39 Å². The van der Waals surface area contributed by atoms with Gasteiger partial charge in [0.2, 0.25) is 5.91 Å². The second-order valence-corrected chi connectivity index (χ2v) is 5.39. The van der Waals surface area contributed by atoms with E-state index in [9.17, 15) is 24.1 Å². The highest BCUT2D eigenvalue weighted by Gasteiger charge is 2.22. The Morgan fingerprint density at radius 2 is 1.92 bits per heavy atom. The standard InChI is InChI=1S/C17H16FN3O5/c1-26-15-7-6-13(21(24)25)8-11(15)9-14(16(19)22)20-17(23)10-2-4-12(18)5-3-10/h2-8,14H,9H2,1H3,(H2,19,22)(H,20,23)/t14-/m1/s1. The van der Waals surface area contributed by atoms with Crippen LogP contribution in [0, 0.1) is 15.9 Å². The van der Waals surface area contributed by atoms with Gasteiger partial charge in [0.1, 0.15) is 17.6 Å². The number of hydrogen-bond acceptors (Lipinski definition) is 5. The molecule has 8 nitrogen and oxygen atoms in total. The summed E-state index contributed by atoms with van der Waals surface area (Å²) in [5.74, 6) is -1.64. The van der Waals surface area contributed by atoms with Crippen LogP contribution in [0.15, 0.2) is 42.5 Å². The summed E-state index contributed by atoms with van der Waals surface area (Å²) < 4.78 is 18.1. The number of halogens is 1. The molecule has 9 heteroatoms. The molecule has 0 spiro atoms. The third-order valence-corrected chi connectivity index (χ3v) is 3.65. The molecule has 0 aliphatic rings. The van der Waals surface area contributed by atoms with Crippen molar-refractivity contribution in [3.8, 4) is 5.75 Å². The average Bonchev–Trinajstić information content (AvgIpc) is 2.61. The topological polar surface area (TPSA) is 125 Å². The monoisotopic (exact) mass is 361 g/mol. The van der Waals surface area contributed by atoms with Gasteiger partial charge in [-0.05, 0) is 30.3 Å². The average molecular weight is 361 g/mol. The minimum absolute atomic E-state index is 0.104. The number of nitro benzene ring substituents is 1. The summed E-state index contributed by atoms with van der Waals surface area (Å²) in [5, 5.41) is 13.4. The van der Waals surface area contributed by atoms with Crippen molar-refractivity contribution in [2.45, 2.75) is 12.5 Å². The van der Waals surface area contributed by atoms with Crippen molar-refractivity contribution in [3.05, 3.63) is 69.5 Å². The zero-order valence-electron chi connectivity index (χ0n) is 13.8. The van der Waals surface area contributed by atoms with Crippen LogP contribution in [0.25, 0.3) is 0 Å². The van der Waals surface area contributed by atoms with Crippen LogP contribution in [0.1, 0.15) is 15.9 Å². The van der Waals surface area contributed by atoms with Crippen LogP contribution in [0.4, 0.5) is 10.1 Å². The second-order valence-electron chi connectivity index (χ2n) is 5.39. The molecule has 26 heavy (non-hydrogen) atoms. The van der Waals surface area contributed by atoms with Gasteiger partial charge in [0.15, 0.2) is 0 Å². The summed E-state index contributed by atoms with van der Waals surface area (Å²) in [6.07, 6.45) is -0.104. The van der Waals surface area contributed by atoms with Crippen LogP contribution in [-0.2, 0) is 11.2 Å². The normalized spacial score (nSPS) is 11.5. The number of nitrogens with zero attached hydrogens (tertiary/aromatic N) is 1. The van der Waals surface area contributed by atoms with Crippen molar-refractivity contribution in [3.63, 3.8) is 0 Å². The third-order valence-electron chi connectivity index (χ3n) is 3.65. The highest BCUT2D eigenvalue weighted by Crippen LogP contribution is 2.25. The number of nitro groups is 1. The number of amides is 2. The van der Waals surface area contributed by atoms with Crippen LogP contribution in [-0.4, -0.2) is 29.9 Å². The summed E-state index contributed by atoms with van der Waals surface area (Å²) in [6.45, 7) is 0. The lowest BCUT2D eigenvalue weighted by Gasteiger charge is -2.17. The third kappa shape index (κ3) is 4.53. The Hall–Kier alpha value is -3.49. The maximum atomic E-state index is 12.9. The first-order chi connectivity index (χ1) is 12.3. The van der Waals surface area contributed by atoms with Gasteiger partial charge in [0.25, 0.3) is 11.6 Å². The molecule has 0 bridgehead atoms. The number of hydrogen-bond donors (Lipinski definition) is 2. The molecule has 2 rings (SSSR count). The Kier molecular flexibility index (Phi) is 5.84. The molecule has 2 aromatic rings. The highest BCUT2D eigenvalue weighted by atomic mass is 19.1. The predicted molar refractivity (Wildman–Crippen MR) is 90.2 cm³/mol. The molecule has 0 heterocycles. The van der Waals surface area contributed by atoms with Crippen LogP contribution in [0.3, 0.4) is 0 Å². The first kappa shape index (κ1) is 18.8. The van der Waals surface area contributed by atoms with E-state index in [0.29, 0.717) is 11.3 Å². The van der Waals surface area contributed by atoms with Crippen LogP contribution >= 0.6 is 0 Å². The molecule has 0 saturated carbocycles. The molecule has 0 saturated heterocycles. The zero-order chi connectivity index (χ0) is 19.3. The summed E-state index contributed by atoms with van der Waals surface area (Å²) in [6, 6.07) is 7.51. The van der Waals surface area contributed by atoms with Gasteiger partial charge in [0.05, 0.1) is 12.0 Å². The van der Waals surface area contributed by atoms with Crippen molar-refractivity contribution < 1.29 is 23.6 Å². The number of carbonyl (C=O) groups excluding carboxylic acids is 2. The van der Waals surface area contributed by atoms with Crippen molar-refractivity contribution in [2.24, 2.45) is 5.73 Å². The van der Waals surface area contributed by atoms with Gasteiger partial charge in [-0.15, -0.1) is 0 Å². The zero-order valence-corrected chi connectivity index (χ0v) is 13.8. The molecular weight excluding hydrogens is 345 g/mol.